The summed E-state index contributed by atoms with van der Waals surface area (Å²) in [4.78, 5) is 13.7. The maximum absolute atomic E-state index is 11.9. The predicted molar refractivity (Wildman–Crippen MR) is 65.6 cm³/mol. The van der Waals surface area contributed by atoms with Gasteiger partial charge in [-0.05, 0) is 25.5 Å². The maximum atomic E-state index is 11.9. The van der Waals surface area contributed by atoms with Crippen molar-refractivity contribution in [1.82, 2.24) is 4.90 Å². The van der Waals surface area contributed by atoms with Crippen LogP contribution < -0.4 is 0 Å². The van der Waals surface area contributed by atoms with Crippen molar-refractivity contribution in [2.24, 2.45) is 0 Å². The second kappa shape index (κ2) is 7.12. The molecule has 0 aliphatic rings. The van der Waals surface area contributed by atoms with E-state index < -0.39 is 0 Å². The zero-order valence-electron chi connectivity index (χ0n) is 10.9. The van der Waals surface area contributed by atoms with Gasteiger partial charge in [-0.3, -0.25) is 4.79 Å². The van der Waals surface area contributed by atoms with E-state index in [0.717, 1.165) is 17.9 Å². The van der Waals surface area contributed by atoms with Crippen LogP contribution in [0.25, 0.3) is 0 Å². The molecule has 17 heavy (non-hydrogen) atoms. The zero-order chi connectivity index (χ0) is 12.7. The Morgan fingerprint density at radius 3 is 2.76 bits per heavy atom. The van der Waals surface area contributed by atoms with Crippen LogP contribution in [0.15, 0.2) is 16.5 Å². The first kappa shape index (κ1) is 13.8. The normalized spacial score (nSPS) is 10.5. The molecule has 0 saturated heterocycles. The molecule has 0 N–H and O–H groups in total. The Morgan fingerprint density at radius 2 is 2.24 bits per heavy atom. The van der Waals surface area contributed by atoms with Gasteiger partial charge in [-0.25, -0.2) is 0 Å². The number of hydrogen-bond donors (Lipinski definition) is 0. The Balaban J connectivity index is 2.59. The number of hydrogen-bond acceptors (Lipinski definition) is 3. The van der Waals surface area contributed by atoms with Crippen LogP contribution >= 0.6 is 0 Å². The van der Waals surface area contributed by atoms with Crippen molar-refractivity contribution in [3.05, 3.63) is 23.7 Å². The van der Waals surface area contributed by atoms with E-state index in [1.807, 2.05) is 26.0 Å². The summed E-state index contributed by atoms with van der Waals surface area (Å²) >= 11 is 0. The van der Waals surface area contributed by atoms with Gasteiger partial charge in [-0.1, -0.05) is 6.92 Å². The van der Waals surface area contributed by atoms with Crippen LogP contribution in [0.3, 0.4) is 0 Å². The van der Waals surface area contributed by atoms with Crippen LogP contribution in [0.2, 0.25) is 0 Å². The highest BCUT2D eigenvalue weighted by Crippen LogP contribution is 2.11. The highest BCUT2D eigenvalue weighted by atomic mass is 16.5. The highest BCUT2D eigenvalue weighted by Gasteiger charge is 2.14. The zero-order valence-corrected chi connectivity index (χ0v) is 10.9. The predicted octanol–water partition coefficient (Wildman–Crippen LogP) is 2.36. The summed E-state index contributed by atoms with van der Waals surface area (Å²) in [5.74, 6) is 1.84. The first-order valence-corrected chi connectivity index (χ1v) is 5.99. The summed E-state index contributed by atoms with van der Waals surface area (Å²) in [6, 6.07) is 3.82. The van der Waals surface area contributed by atoms with Crippen molar-refractivity contribution < 1.29 is 13.9 Å². The lowest BCUT2D eigenvalue weighted by atomic mass is 10.3. The first-order valence-electron chi connectivity index (χ1n) is 5.99. The number of amides is 1. The summed E-state index contributed by atoms with van der Waals surface area (Å²) in [7, 11) is 1.64. The largest absolute Gasteiger partial charge is 0.464 e. The summed E-state index contributed by atoms with van der Waals surface area (Å²) in [6.07, 6.45) is 1.43. The molecule has 0 bridgehead atoms. The van der Waals surface area contributed by atoms with Gasteiger partial charge in [0.2, 0.25) is 5.91 Å². The first-order chi connectivity index (χ1) is 8.17. The number of nitrogens with zero attached hydrogens (tertiary/aromatic N) is 1. The molecule has 0 atom stereocenters. The standard InChI is InChI=1S/C13H21NO3/c1-4-5-13(15)14(8-9-16-3)10-12-7-6-11(2)17-12/h6-7H,4-5,8-10H2,1-3H3. The summed E-state index contributed by atoms with van der Waals surface area (Å²) in [5.41, 5.74) is 0. The van der Waals surface area contributed by atoms with E-state index in [1.54, 1.807) is 12.0 Å². The number of methoxy groups -OCH3 is 1. The van der Waals surface area contributed by atoms with Crippen molar-refractivity contribution in [1.29, 1.82) is 0 Å². The summed E-state index contributed by atoms with van der Waals surface area (Å²) in [5, 5.41) is 0. The van der Waals surface area contributed by atoms with Crippen molar-refractivity contribution in [3.8, 4) is 0 Å². The van der Waals surface area contributed by atoms with Gasteiger partial charge in [0.15, 0.2) is 0 Å². The number of carbonyl (C=O) groups excluding carboxylic acids is 1. The molecule has 0 fully saturated rings. The number of carbonyl (C=O) groups is 1. The van der Waals surface area contributed by atoms with E-state index >= 15 is 0 Å². The second-order valence-electron chi connectivity index (χ2n) is 4.07. The minimum Gasteiger partial charge on any atom is -0.464 e. The molecule has 0 spiro atoms. The molecule has 1 rings (SSSR count). The Hall–Kier alpha value is -1.29. The average Bonchev–Trinajstić information content (AvgIpc) is 2.70. The highest BCUT2D eigenvalue weighted by molar-refractivity contribution is 5.76. The monoisotopic (exact) mass is 239 g/mol. The molecule has 1 amide bonds. The Kier molecular flexibility index (Phi) is 5.77. The van der Waals surface area contributed by atoms with Gasteiger partial charge < -0.3 is 14.1 Å². The third-order valence-corrected chi connectivity index (χ3v) is 2.52. The lowest BCUT2D eigenvalue weighted by Crippen LogP contribution is -2.33. The number of rotatable bonds is 7. The maximum Gasteiger partial charge on any atom is 0.223 e. The van der Waals surface area contributed by atoms with E-state index in [4.69, 9.17) is 9.15 Å². The lowest BCUT2D eigenvalue weighted by molar-refractivity contribution is -0.132. The van der Waals surface area contributed by atoms with Gasteiger partial charge in [0, 0.05) is 20.1 Å². The average molecular weight is 239 g/mol. The Morgan fingerprint density at radius 1 is 1.47 bits per heavy atom. The van der Waals surface area contributed by atoms with Crippen molar-refractivity contribution in [2.45, 2.75) is 33.2 Å². The number of ether oxygens (including phenoxy) is 1. The minimum absolute atomic E-state index is 0.151. The molecular formula is C13H21NO3. The number of furan rings is 1. The lowest BCUT2D eigenvalue weighted by Gasteiger charge is -2.21. The van der Waals surface area contributed by atoms with Crippen molar-refractivity contribution >= 4 is 5.91 Å². The molecule has 1 aromatic rings. The van der Waals surface area contributed by atoms with E-state index in [0.29, 0.717) is 26.1 Å². The van der Waals surface area contributed by atoms with E-state index in [-0.39, 0.29) is 5.91 Å². The third kappa shape index (κ3) is 4.61. The third-order valence-electron chi connectivity index (χ3n) is 2.52. The van der Waals surface area contributed by atoms with Gasteiger partial charge in [0.1, 0.15) is 11.5 Å². The fourth-order valence-corrected chi connectivity index (χ4v) is 1.62. The van der Waals surface area contributed by atoms with Crippen LogP contribution in [0.1, 0.15) is 31.3 Å². The molecule has 0 aromatic carbocycles. The van der Waals surface area contributed by atoms with E-state index in [9.17, 15) is 4.79 Å². The number of aryl methyl sites for hydroxylation is 1. The second-order valence-corrected chi connectivity index (χ2v) is 4.07. The van der Waals surface area contributed by atoms with Crippen LogP contribution in [0.5, 0.6) is 0 Å². The molecular weight excluding hydrogens is 218 g/mol. The smallest absolute Gasteiger partial charge is 0.223 e. The van der Waals surface area contributed by atoms with Crippen LogP contribution in [-0.4, -0.2) is 31.1 Å². The molecule has 96 valence electrons. The van der Waals surface area contributed by atoms with Crippen LogP contribution in [0.4, 0.5) is 0 Å². The quantitative estimate of drug-likeness (QED) is 0.733. The minimum atomic E-state index is 0.151. The Labute approximate surface area is 103 Å². The van der Waals surface area contributed by atoms with Crippen molar-refractivity contribution in [2.75, 3.05) is 20.3 Å². The molecule has 0 aliphatic carbocycles. The molecule has 0 unspecified atom stereocenters. The summed E-state index contributed by atoms with van der Waals surface area (Å²) in [6.45, 7) is 5.58. The fraction of sp³-hybridized carbons (Fsp3) is 0.615. The molecule has 1 aromatic heterocycles. The molecule has 0 aliphatic heterocycles. The van der Waals surface area contributed by atoms with Gasteiger partial charge in [-0.2, -0.15) is 0 Å². The fourth-order valence-electron chi connectivity index (χ4n) is 1.62. The molecule has 4 heteroatoms. The molecule has 1 heterocycles. The SMILES string of the molecule is CCCC(=O)N(CCOC)Cc1ccc(C)o1. The molecule has 4 nitrogen and oxygen atoms in total. The summed E-state index contributed by atoms with van der Waals surface area (Å²) < 4.78 is 10.5. The van der Waals surface area contributed by atoms with Crippen molar-refractivity contribution in [3.63, 3.8) is 0 Å². The molecule has 0 saturated carbocycles. The van der Waals surface area contributed by atoms with Gasteiger partial charge in [0.25, 0.3) is 0 Å². The van der Waals surface area contributed by atoms with E-state index in [1.165, 1.54) is 0 Å². The topological polar surface area (TPSA) is 42.7 Å². The Bertz CT molecular complexity index is 346. The van der Waals surface area contributed by atoms with E-state index in [2.05, 4.69) is 0 Å². The van der Waals surface area contributed by atoms with Gasteiger partial charge in [-0.15, -0.1) is 0 Å². The van der Waals surface area contributed by atoms with Gasteiger partial charge in [0.05, 0.1) is 13.2 Å². The van der Waals surface area contributed by atoms with Gasteiger partial charge >= 0.3 is 0 Å². The molecule has 0 radical (unpaired) electrons. The van der Waals surface area contributed by atoms with Crippen LogP contribution in [-0.2, 0) is 16.1 Å². The van der Waals surface area contributed by atoms with Crippen LogP contribution in [0, 0.1) is 6.92 Å².